The predicted octanol–water partition coefficient (Wildman–Crippen LogP) is 1.29. The Morgan fingerprint density at radius 1 is 0.765 bits per heavy atom. The number of hydrogen-bond acceptors (Lipinski definition) is 11. The molecule has 0 aromatic heterocycles. The van der Waals surface area contributed by atoms with Gasteiger partial charge in [-0.25, -0.2) is 19.8 Å². The van der Waals surface area contributed by atoms with Crippen LogP contribution in [0.4, 0.5) is 4.79 Å². The fourth-order valence-corrected chi connectivity index (χ4v) is 3.12. The van der Waals surface area contributed by atoms with E-state index in [1.54, 1.807) is 50.9 Å². The van der Waals surface area contributed by atoms with Gasteiger partial charge in [0.25, 0.3) is 0 Å². The van der Waals surface area contributed by atoms with Crippen LogP contribution in [0.5, 0.6) is 0 Å². The molecule has 0 aromatic carbocycles. The van der Waals surface area contributed by atoms with E-state index in [9.17, 15) is 4.79 Å². The summed E-state index contributed by atoms with van der Waals surface area (Å²) in [5.74, 6) is 1.28. The molecule has 0 bridgehead atoms. The van der Waals surface area contributed by atoms with Crippen LogP contribution in [0.3, 0.4) is 0 Å². The Bertz CT molecular complexity index is 895. The summed E-state index contributed by atoms with van der Waals surface area (Å²) in [4.78, 5) is 25.5. The van der Waals surface area contributed by atoms with Crippen molar-refractivity contribution in [1.29, 1.82) is 0 Å². The number of carbonyl (C=O) groups excluding carboxylic acids is 1. The molecule has 3 rings (SSSR count). The highest BCUT2D eigenvalue weighted by atomic mass is 16.6. The van der Waals surface area contributed by atoms with Crippen LogP contribution >= 0.6 is 0 Å². The molecule has 0 radical (unpaired) electrons. The van der Waals surface area contributed by atoms with Crippen LogP contribution < -0.4 is 0 Å². The van der Waals surface area contributed by atoms with E-state index in [1.165, 1.54) is 26.2 Å². The summed E-state index contributed by atoms with van der Waals surface area (Å²) < 4.78 is 40.5. The third-order valence-corrected chi connectivity index (χ3v) is 5.16. The number of aliphatic imine (C=N–C) groups is 3. The Hall–Kier alpha value is -3.22. The lowest BCUT2D eigenvalue weighted by atomic mass is 9.98. The van der Waals surface area contributed by atoms with Gasteiger partial charge in [0.05, 0.1) is 0 Å². The minimum atomic E-state index is -0.804. The number of amides is 1. The molecule has 186 valence electrons. The first-order valence-corrected chi connectivity index (χ1v) is 10.6. The van der Waals surface area contributed by atoms with E-state index in [-0.39, 0.29) is 13.2 Å². The van der Waals surface area contributed by atoms with E-state index < -0.39 is 36.6 Å². The second kappa shape index (κ2) is 12.3. The summed E-state index contributed by atoms with van der Waals surface area (Å²) in [6, 6.07) is 0. The van der Waals surface area contributed by atoms with Gasteiger partial charge in [-0.05, 0) is 0 Å². The molecule has 0 spiro atoms. The molecule has 12 nitrogen and oxygen atoms in total. The van der Waals surface area contributed by atoms with Crippen molar-refractivity contribution >= 4 is 23.8 Å². The van der Waals surface area contributed by atoms with E-state index in [1.807, 2.05) is 0 Å². The molecule has 3 heterocycles. The third-order valence-electron chi connectivity index (χ3n) is 5.16. The molecule has 5 unspecified atom stereocenters. The van der Waals surface area contributed by atoms with Crippen LogP contribution in [-0.2, 0) is 33.2 Å². The van der Waals surface area contributed by atoms with E-state index in [0.29, 0.717) is 17.7 Å². The quantitative estimate of drug-likeness (QED) is 0.388. The van der Waals surface area contributed by atoms with Gasteiger partial charge in [-0.1, -0.05) is 0 Å². The summed E-state index contributed by atoms with van der Waals surface area (Å²) >= 11 is 0. The van der Waals surface area contributed by atoms with Gasteiger partial charge in [0.2, 0.25) is 17.7 Å². The highest BCUT2D eigenvalue weighted by Gasteiger charge is 2.44. The predicted molar refractivity (Wildman–Crippen MR) is 123 cm³/mol. The number of hydrogen-bond donors (Lipinski definition) is 0. The highest BCUT2D eigenvalue weighted by Crippen LogP contribution is 2.24. The SMILES string of the molecule is COC(COC(=O)N(C)C)C(OC1=NC=C1)C(OC)C(OC1=NC=C1)C(COC1=NC=C1)OC. The monoisotopic (exact) mass is 478 g/mol. The number of carbonyl (C=O) groups is 1. The molecular formula is C22H30N4O8. The lowest BCUT2D eigenvalue weighted by molar-refractivity contribution is -0.159. The number of ether oxygens (including phenoxy) is 7. The summed E-state index contributed by atoms with van der Waals surface area (Å²) in [6.07, 6.45) is 5.81. The molecular weight excluding hydrogens is 448 g/mol. The zero-order valence-electron chi connectivity index (χ0n) is 19.8. The first-order chi connectivity index (χ1) is 16.5. The van der Waals surface area contributed by atoms with Crippen LogP contribution in [-0.4, -0.2) is 108 Å². The molecule has 12 heteroatoms. The third kappa shape index (κ3) is 6.43. The normalized spacial score (nSPS) is 19.6. The summed E-state index contributed by atoms with van der Waals surface area (Å²) in [6.45, 7) is 0.0282. The summed E-state index contributed by atoms with van der Waals surface area (Å²) in [5.41, 5.74) is 0. The Balaban J connectivity index is 1.82. The van der Waals surface area contributed by atoms with Crippen molar-refractivity contribution in [3.8, 4) is 0 Å². The van der Waals surface area contributed by atoms with E-state index in [2.05, 4.69) is 15.0 Å². The molecule has 5 atom stereocenters. The van der Waals surface area contributed by atoms with Crippen molar-refractivity contribution in [2.24, 2.45) is 15.0 Å². The molecule has 1 amide bonds. The van der Waals surface area contributed by atoms with Gasteiger partial charge in [-0.2, -0.15) is 0 Å². The minimum Gasteiger partial charge on any atom is -0.475 e. The zero-order valence-corrected chi connectivity index (χ0v) is 19.8. The fourth-order valence-electron chi connectivity index (χ4n) is 3.12. The molecule has 0 saturated carbocycles. The van der Waals surface area contributed by atoms with Gasteiger partial charge in [0.15, 0.2) is 12.2 Å². The molecule has 3 aliphatic rings. The second-order valence-electron chi connectivity index (χ2n) is 7.55. The van der Waals surface area contributed by atoms with Gasteiger partial charge in [-0.3, -0.25) is 0 Å². The first-order valence-electron chi connectivity index (χ1n) is 10.6. The van der Waals surface area contributed by atoms with Crippen molar-refractivity contribution in [2.45, 2.75) is 30.5 Å². The van der Waals surface area contributed by atoms with Crippen molar-refractivity contribution < 1.29 is 38.0 Å². The second-order valence-corrected chi connectivity index (χ2v) is 7.55. The smallest absolute Gasteiger partial charge is 0.409 e. The van der Waals surface area contributed by atoms with E-state index >= 15 is 0 Å². The average molecular weight is 479 g/mol. The maximum atomic E-state index is 12.0. The lowest BCUT2D eigenvalue weighted by Crippen LogP contribution is -2.56. The summed E-state index contributed by atoms with van der Waals surface area (Å²) in [7, 11) is 7.72. The van der Waals surface area contributed by atoms with Crippen LogP contribution in [0.1, 0.15) is 0 Å². The van der Waals surface area contributed by atoms with E-state index in [0.717, 1.165) is 0 Å². The van der Waals surface area contributed by atoms with Crippen molar-refractivity contribution in [2.75, 3.05) is 48.6 Å². The highest BCUT2D eigenvalue weighted by molar-refractivity contribution is 5.93. The Morgan fingerprint density at radius 3 is 1.59 bits per heavy atom. The topological polar surface area (TPSA) is 122 Å². The lowest BCUT2D eigenvalue weighted by Gasteiger charge is -2.39. The minimum absolute atomic E-state index is 0.0989. The van der Waals surface area contributed by atoms with Crippen molar-refractivity contribution in [1.82, 2.24) is 4.90 Å². The Kier molecular flexibility index (Phi) is 9.19. The Morgan fingerprint density at radius 2 is 1.24 bits per heavy atom. The molecule has 0 fully saturated rings. The molecule has 0 aromatic rings. The molecule has 0 saturated heterocycles. The first kappa shape index (κ1) is 25.4. The van der Waals surface area contributed by atoms with Gasteiger partial charge in [0.1, 0.15) is 31.5 Å². The number of rotatable bonds is 13. The molecule has 34 heavy (non-hydrogen) atoms. The van der Waals surface area contributed by atoms with Gasteiger partial charge in [0, 0.05) is 72.3 Å². The van der Waals surface area contributed by atoms with Gasteiger partial charge in [-0.15, -0.1) is 0 Å². The maximum absolute atomic E-state index is 12.0. The van der Waals surface area contributed by atoms with Gasteiger partial charge >= 0.3 is 6.09 Å². The van der Waals surface area contributed by atoms with Crippen molar-refractivity contribution in [3.63, 3.8) is 0 Å². The summed E-state index contributed by atoms with van der Waals surface area (Å²) in [5, 5.41) is 0. The van der Waals surface area contributed by atoms with Crippen LogP contribution in [0.2, 0.25) is 0 Å². The van der Waals surface area contributed by atoms with Crippen LogP contribution in [0.25, 0.3) is 0 Å². The number of methoxy groups -OCH3 is 3. The van der Waals surface area contributed by atoms with E-state index in [4.69, 9.17) is 33.2 Å². The van der Waals surface area contributed by atoms with Crippen LogP contribution in [0.15, 0.2) is 51.8 Å². The van der Waals surface area contributed by atoms with Crippen molar-refractivity contribution in [3.05, 3.63) is 36.8 Å². The maximum Gasteiger partial charge on any atom is 0.409 e. The molecule has 0 aliphatic carbocycles. The average Bonchev–Trinajstić information content (AvgIpc) is 2.73. The zero-order chi connectivity index (χ0) is 24.5. The largest absolute Gasteiger partial charge is 0.475 e. The van der Waals surface area contributed by atoms with Crippen LogP contribution in [0, 0.1) is 0 Å². The number of nitrogens with zero attached hydrogens (tertiary/aromatic N) is 4. The fraction of sp³-hybridized carbons (Fsp3) is 0.545. The Labute approximate surface area is 198 Å². The molecule has 3 aliphatic heterocycles. The van der Waals surface area contributed by atoms with Gasteiger partial charge < -0.3 is 38.1 Å². The standard InChI is InChI=1S/C22H30N4O8/c1-26(2)22(27)32-13-15(29-4)20(34-18-8-11-25-18)21(30-5)19(33-17-7-10-24-17)14(28-3)12-31-16-6-9-23-16/h6-11,14-15,19-21H,12-13H2,1-5H3. The molecule has 0 N–H and O–H groups in total.